The number of carbonyl (C=O) groups is 2. The fourth-order valence-electron chi connectivity index (χ4n) is 3.41. The number of ether oxygens (including phenoxy) is 1. The van der Waals surface area contributed by atoms with Crippen LogP contribution in [0.15, 0.2) is 29.6 Å². The van der Waals surface area contributed by atoms with Crippen molar-refractivity contribution in [1.82, 2.24) is 4.98 Å². The quantitative estimate of drug-likeness (QED) is 0.390. The lowest BCUT2D eigenvalue weighted by Crippen LogP contribution is -2.31. The lowest BCUT2D eigenvalue weighted by molar-refractivity contribution is -0.124. The third-order valence-electron chi connectivity index (χ3n) is 5.06. The number of hydrogen-bond donors (Lipinski definition) is 1. The summed E-state index contributed by atoms with van der Waals surface area (Å²) >= 11 is 14.8. The summed E-state index contributed by atoms with van der Waals surface area (Å²) in [6.45, 7) is 1.81. The van der Waals surface area contributed by atoms with Crippen LogP contribution in [0.3, 0.4) is 0 Å². The lowest BCUT2D eigenvalue weighted by atomic mass is 9.99. The normalized spacial score (nSPS) is 14.0. The molecule has 1 N–H and O–H groups in total. The van der Waals surface area contributed by atoms with Gasteiger partial charge in [-0.05, 0) is 55.9 Å². The average Bonchev–Trinajstić information content (AvgIpc) is 3.40. The first kappa shape index (κ1) is 22.3. The fraction of sp³-hybridized carbons (Fsp3) is 0.318. The van der Waals surface area contributed by atoms with E-state index in [9.17, 15) is 9.59 Å². The summed E-state index contributed by atoms with van der Waals surface area (Å²) < 4.78 is 5.52. The van der Waals surface area contributed by atoms with Crippen LogP contribution in [0.4, 0.5) is 5.13 Å². The Balaban J connectivity index is 1.41. The van der Waals surface area contributed by atoms with Crippen LogP contribution in [0, 0.1) is 0 Å². The minimum Gasteiger partial charge on any atom is -0.448 e. The van der Waals surface area contributed by atoms with Gasteiger partial charge in [-0.1, -0.05) is 36.2 Å². The first-order valence-electron chi connectivity index (χ1n) is 9.99. The summed E-state index contributed by atoms with van der Waals surface area (Å²) in [4.78, 5) is 31.6. The van der Waals surface area contributed by atoms with Crippen LogP contribution in [-0.4, -0.2) is 23.0 Å². The van der Waals surface area contributed by atoms with E-state index >= 15 is 0 Å². The summed E-state index contributed by atoms with van der Waals surface area (Å²) in [5.41, 5.74) is 2.71. The van der Waals surface area contributed by atoms with Gasteiger partial charge in [-0.25, -0.2) is 9.78 Å². The number of halogens is 2. The molecule has 3 aromatic rings. The second kappa shape index (κ2) is 9.69. The molecule has 5 nitrogen and oxygen atoms in total. The topological polar surface area (TPSA) is 68.3 Å². The highest BCUT2D eigenvalue weighted by Crippen LogP contribution is 2.32. The molecule has 9 heteroatoms. The summed E-state index contributed by atoms with van der Waals surface area (Å²) in [5.74, 6) is -0.843. The molecule has 0 saturated carbocycles. The molecule has 0 aliphatic heterocycles. The zero-order chi connectivity index (χ0) is 22.0. The Morgan fingerprint density at radius 2 is 2.00 bits per heavy atom. The van der Waals surface area contributed by atoms with Crippen LogP contribution in [0.5, 0.6) is 0 Å². The Morgan fingerprint density at radius 3 is 2.74 bits per heavy atom. The van der Waals surface area contributed by atoms with Crippen molar-refractivity contribution < 1.29 is 14.3 Å². The fourth-order valence-corrected chi connectivity index (χ4v) is 5.56. The molecule has 0 fully saturated rings. The zero-order valence-corrected chi connectivity index (χ0v) is 19.9. The second-order valence-electron chi connectivity index (χ2n) is 7.22. The Labute approximate surface area is 198 Å². The lowest BCUT2D eigenvalue weighted by Gasteiger charge is -2.14. The predicted octanol–water partition coefficient (Wildman–Crippen LogP) is 6.63. The minimum atomic E-state index is -0.885. The maximum Gasteiger partial charge on any atom is 0.349 e. The van der Waals surface area contributed by atoms with Crippen molar-refractivity contribution in [2.45, 2.75) is 45.1 Å². The van der Waals surface area contributed by atoms with E-state index < -0.39 is 18.0 Å². The van der Waals surface area contributed by atoms with Gasteiger partial charge < -0.3 is 4.74 Å². The van der Waals surface area contributed by atoms with Crippen molar-refractivity contribution in [3.8, 4) is 11.3 Å². The number of thiophene rings is 1. The van der Waals surface area contributed by atoms with E-state index in [1.54, 1.807) is 19.1 Å². The Morgan fingerprint density at radius 1 is 1.19 bits per heavy atom. The number of amides is 1. The monoisotopic (exact) mass is 494 g/mol. The summed E-state index contributed by atoms with van der Waals surface area (Å²) in [7, 11) is 0. The van der Waals surface area contributed by atoms with Crippen LogP contribution in [0.25, 0.3) is 11.3 Å². The molecule has 0 spiro atoms. The predicted molar refractivity (Wildman–Crippen MR) is 127 cm³/mol. The van der Waals surface area contributed by atoms with Crippen LogP contribution in [0.2, 0.25) is 10.0 Å². The number of fused-ring (bicyclic) bond motifs is 1. The molecule has 2 heterocycles. The van der Waals surface area contributed by atoms with Gasteiger partial charge in [0.2, 0.25) is 0 Å². The highest BCUT2D eigenvalue weighted by molar-refractivity contribution is 7.14. The first-order chi connectivity index (χ1) is 14.9. The van der Waals surface area contributed by atoms with Crippen molar-refractivity contribution >= 4 is 62.9 Å². The number of hydrogen-bond acceptors (Lipinski definition) is 6. The van der Waals surface area contributed by atoms with Gasteiger partial charge >= 0.3 is 5.97 Å². The van der Waals surface area contributed by atoms with Crippen LogP contribution in [0.1, 0.15) is 46.3 Å². The third-order valence-corrected chi connectivity index (χ3v) is 7.77. The molecule has 0 bridgehead atoms. The second-order valence-corrected chi connectivity index (χ2v) is 10.0. The molecular formula is C22H20Cl2N2O3S2. The number of nitrogens with zero attached hydrogens (tertiary/aromatic N) is 1. The molecule has 2 aromatic heterocycles. The number of aryl methyl sites for hydroxylation is 2. The van der Waals surface area contributed by atoms with Gasteiger partial charge in [0.05, 0.1) is 15.7 Å². The van der Waals surface area contributed by atoms with Gasteiger partial charge in [-0.2, -0.15) is 0 Å². The van der Waals surface area contributed by atoms with Gasteiger partial charge in [0.15, 0.2) is 11.2 Å². The molecule has 1 unspecified atom stereocenters. The van der Waals surface area contributed by atoms with Crippen LogP contribution < -0.4 is 5.32 Å². The molecule has 162 valence electrons. The SMILES string of the molecule is CCC(OC(=O)c1cc2c(s1)CCCC2)C(=O)Nc1nc(-c2ccc(Cl)c(Cl)c2)cs1. The first-order valence-corrected chi connectivity index (χ1v) is 12.4. The highest BCUT2D eigenvalue weighted by Gasteiger charge is 2.25. The number of nitrogens with one attached hydrogen (secondary N) is 1. The van der Waals surface area contributed by atoms with Crippen molar-refractivity contribution in [1.29, 1.82) is 0 Å². The average molecular weight is 495 g/mol. The molecule has 4 rings (SSSR count). The van der Waals surface area contributed by atoms with Gasteiger partial charge in [-0.15, -0.1) is 22.7 Å². The van der Waals surface area contributed by atoms with E-state index in [0.717, 1.165) is 31.2 Å². The van der Waals surface area contributed by atoms with Crippen LogP contribution >= 0.6 is 45.9 Å². The van der Waals surface area contributed by atoms with E-state index in [0.29, 0.717) is 32.2 Å². The number of esters is 1. The van der Waals surface area contributed by atoms with E-state index in [-0.39, 0.29) is 0 Å². The summed E-state index contributed by atoms with van der Waals surface area (Å²) in [5, 5.41) is 5.89. The van der Waals surface area contributed by atoms with Crippen molar-refractivity contribution in [3.63, 3.8) is 0 Å². The zero-order valence-electron chi connectivity index (χ0n) is 16.7. The van der Waals surface area contributed by atoms with Gasteiger partial charge in [-0.3, -0.25) is 10.1 Å². The Hall–Kier alpha value is -1.93. The maximum absolute atomic E-state index is 12.7. The molecule has 1 atom stereocenters. The van der Waals surface area contributed by atoms with E-state index in [1.165, 1.54) is 33.1 Å². The molecule has 0 radical (unpaired) electrons. The number of carbonyl (C=O) groups excluding carboxylic acids is 2. The summed E-state index contributed by atoms with van der Waals surface area (Å²) in [6.07, 6.45) is 3.80. The van der Waals surface area contributed by atoms with E-state index in [2.05, 4.69) is 10.3 Å². The van der Waals surface area contributed by atoms with E-state index in [4.69, 9.17) is 27.9 Å². The number of aromatic nitrogens is 1. The molecule has 1 aromatic carbocycles. The highest BCUT2D eigenvalue weighted by atomic mass is 35.5. The van der Waals surface area contributed by atoms with Gasteiger partial charge in [0.1, 0.15) is 4.88 Å². The third kappa shape index (κ3) is 5.12. The summed E-state index contributed by atoms with van der Waals surface area (Å²) in [6, 6.07) is 7.15. The number of anilines is 1. The Kier molecular flexibility index (Phi) is 6.96. The van der Waals surface area contributed by atoms with Crippen LogP contribution in [-0.2, 0) is 22.4 Å². The largest absolute Gasteiger partial charge is 0.448 e. The number of thiazole rings is 1. The molecule has 1 aliphatic carbocycles. The molecule has 1 amide bonds. The van der Waals surface area contributed by atoms with Crippen molar-refractivity contribution in [2.75, 3.05) is 5.32 Å². The standard InChI is InChI=1S/C22H20Cl2N2O3S2/c1-2-17(29-21(28)19-10-13-5-3-4-6-18(13)31-19)20(27)26-22-25-16(11-30-22)12-7-8-14(23)15(24)9-12/h7-11,17H,2-6H2,1H3,(H,25,26,27). The van der Waals surface area contributed by atoms with Crippen molar-refractivity contribution in [2.24, 2.45) is 0 Å². The smallest absolute Gasteiger partial charge is 0.349 e. The van der Waals surface area contributed by atoms with Gasteiger partial charge in [0, 0.05) is 15.8 Å². The molecular weight excluding hydrogens is 475 g/mol. The van der Waals surface area contributed by atoms with E-state index in [1.807, 2.05) is 17.5 Å². The van der Waals surface area contributed by atoms with Crippen molar-refractivity contribution in [3.05, 3.63) is 55.0 Å². The molecule has 31 heavy (non-hydrogen) atoms. The minimum absolute atomic E-state index is 0.369. The molecule has 1 aliphatic rings. The van der Waals surface area contributed by atoms with Gasteiger partial charge in [0.25, 0.3) is 5.91 Å². The number of benzene rings is 1. The Bertz CT molecular complexity index is 1100. The number of rotatable bonds is 6. The molecule has 0 saturated heterocycles. The maximum atomic E-state index is 12.7.